The van der Waals surface area contributed by atoms with Gasteiger partial charge in [0, 0.05) is 24.8 Å². The van der Waals surface area contributed by atoms with Crippen molar-refractivity contribution >= 4 is 22.9 Å². The van der Waals surface area contributed by atoms with Gasteiger partial charge >= 0.3 is 0 Å². The summed E-state index contributed by atoms with van der Waals surface area (Å²) in [7, 11) is 0. The zero-order valence-corrected chi connectivity index (χ0v) is 15.1. The van der Waals surface area contributed by atoms with Crippen molar-refractivity contribution in [1.82, 2.24) is 4.90 Å². The first-order valence-electron chi connectivity index (χ1n) is 9.11. The monoisotopic (exact) mass is 358 g/mol. The molecule has 25 heavy (non-hydrogen) atoms. The maximum absolute atomic E-state index is 13.0. The van der Waals surface area contributed by atoms with Crippen LogP contribution in [-0.4, -0.2) is 29.9 Å². The molecule has 0 radical (unpaired) electrons. The number of likely N-dealkylation sites (tertiary alicyclic amines) is 1. The van der Waals surface area contributed by atoms with Gasteiger partial charge in [-0.1, -0.05) is 0 Å². The van der Waals surface area contributed by atoms with Crippen molar-refractivity contribution in [2.75, 3.05) is 18.4 Å². The zero-order valence-electron chi connectivity index (χ0n) is 14.3. The van der Waals surface area contributed by atoms with Crippen molar-refractivity contribution in [3.63, 3.8) is 0 Å². The molecule has 2 aromatic rings. The van der Waals surface area contributed by atoms with E-state index in [-0.39, 0.29) is 17.8 Å². The van der Waals surface area contributed by atoms with E-state index in [4.69, 9.17) is 0 Å². The second-order valence-electron chi connectivity index (χ2n) is 7.02. The third-order valence-corrected chi connectivity index (χ3v) is 6.28. The summed E-state index contributed by atoms with van der Waals surface area (Å²) >= 11 is 1.62. The van der Waals surface area contributed by atoms with Crippen molar-refractivity contribution in [3.05, 3.63) is 51.5 Å². The normalized spacial score (nSPS) is 20.2. The molecule has 1 atom stereocenters. The molecule has 132 valence electrons. The molecule has 1 aromatic carbocycles. The minimum Gasteiger partial charge on any atom is -0.381 e. The summed E-state index contributed by atoms with van der Waals surface area (Å²) in [6.45, 7) is 1.54. The lowest BCUT2D eigenvalue weighted by atomic mass is 9.93. The summed E-state index contributed by atoms with van der Waals surface area (Å²) in [4.78, 5) is 16.0. The number of thiophene rings is 1. The number of amides is 1. The number of aryl methyl sites for hydroxylation is 1. The molecule has 5 heteroatoms. The Hall–Kier alpha value is -1.88. The highest BCUT2D eigenvalue weighted by molar-refractivity contribution is 7.12. The molecular weight excluding hydrogens is 335 g/mol. The van der Waals surface area contributed by atoms with E-state index >= 15 is 0 Å². The van der Waals surface area contributed by atoms with Crippen molar-refractivity contribution in [1.29, 1.82) is 0 Å². The number of hydrogen-bond acceptors (Lipinski definition) is 3. The molecule has 1 amide bonds. The summed E-state index contributed by atoms with van der Waals surface area (Å²) in [6, 6.07) is 6.66. The molecule has 2 aliphatic rings. The quantitative estimate of drug-likeness (QED) is 0.877. The van der Waals surface area contributed by atoms with E-state index in [1.54, 1.807) is 23.5 Å². The highest BCUT2D eigenvalue weighted by Crippen LogP contribution is 2.31. The molecule has 1 fully saturated rings. The average Bonchev–Trinajstić information content (AvgIpc) is 3.07. The van der Waals surface area contributed by atoms with E-state index in [1.165, 1.54) is 36.1 Å². The van der Waals surface area contributed by atoms with Gasteiger partial charge in [0.2, 0.25) is 0 Å². The highest BCUT2D eigenvalue weighted by Gasteiger charge is 2.28. The smallest absolute Gasteiger partial charge is 0.264 e. The SMILES string of the molecule is O=C(c1scc2c1CCCC2)N1CCCC(Nc2ccc(F)cc2)C1. The first kappa shape index (κ1) is 16.6. The number of hydrogen-bond donors (Lipinski definition) is 1. The van der Waals surface area contributed by atoms with E-state index in [2.05, 4.69) is 10.7 Å². The number of rotatable bonds is 3. The summed E-state index contributed by atoms with van der Waals surface area (Å²) < 4.78 is 13.0. The highest BCUT2D eigenvalue weighted by atomic mass is 32.1. The summed E-state index contributed by atoms with van der Waals surface area (Å²) in [5.74, 6) is -0.0350. The Morgan fingerprint density at radius 1 is 1.16 bits per heavy atom. The van der Waals surface area contributed by atoms with Gasteiger partial charge < -0.3 is 10.2 Å². The predicted octanol–water partition coefficient (Wildman–Crippen LogP) is 4.48. The van der Waals surface area contributed by atoms with Gasteiger partial charge in [0.15, 0.2) is 0 Å². The fourth-order valence-corrected chi connectivity index (χ4v) is 5.03. The van der Waals surface area contributed by atoms with E-state index in [0.29, 0.717) is 6.54 Å². The Labute approximate surface area is 151 Å². The Morgan fingerprint density at radius 2 is 1.96 bits per heavy atom. The Kier molecular flexibility index (Phi) is 4.75. The van der Waals surface area contributed by atoms with Crippen LogP contribution >= 0.6 is 11.3 Å². The lowest BCUT2D eigenvalue weighted by molar-refractivity contribution is 0.0718. The Bertz CT molecular complexity index is 756. The summed E-state index contributed by atoms with van der Waals surface area (Å²) in [5, 5.41) is 5.62. The van der Waals surface area contributed by atoms with Gasteiger partial charge in [-0.25, -0.2) is 4.39 Å². The number of nitrogens with one attached hydrogen (secondary N) is 1. The molecule has 0 spiro atoms. The molecule has 1 N–H and O–H groups in total. The minimum absolute atomic E-state index is 0.193. The fourth-order valence-electron chi connectivity index (χ4n) is 3.90. The molecule has 3 nitrogen and oxygen atoms in total. The fraction of sp³-hybridized carbons (Fsp3) is 0.450. The molecule has 1 saturated heterocycles. The van der Waals surface area contributed by atoms with Gasteiger partial charge in [0.25, 0.3) is 5.91 Å². The van der Waals surface area contributed by atoms with E-state index in [1.807, 2.05) is 4.90 Å². The van der Waals surface area contributed by atoms with Crippen LogP contribution in [0.5, 0.6) is 0 Å². The topological polar surface area (TPSA) is 32.3 Å². The van der Waals surface area contributed by atoms with Gasteiger partial charge in [-0.05, 0) is 79.3 Å². The number of anilines is 1. The van der Waals surface area contributed by atoms with Crippen LogP contribution in [0.25, 0.3) is 0 Å². The van der Waals surface area contributed by atoms with Crippen LogP contribution in [0.1, 0.15) is 46.5 Å². The van der Waals surface area contributed by atoms with Crippen LogP contribution < -0.4 is 5.32 Å². The van der Waals surface area contributed by atoms with Crippen molar-refractivity contribution in [3.8, 4) is 0 Å². The molecule has 1 aliphatic heterocycles. The van der Waals surface area contributed by atoms with Crippen LogP contribution in [0.3, 0.4) is 0 Å². The van der Waals surface area contributed by atoms with Gasteiger partial charge in [-0.15, -0.1) is 11.3 Å². The Morgan fingerprint density at radius 3 is 2.80 bits per heavy atom. The standard InChI is InChI=1S/C20H23FN2OS/c21-15-7-9-16(10-8-15)22-17-5-3-11-23(12-17)20(24)19-18-6-2-1-4-14(18)13-25-19/h7-10,13,17,22H,1-6,11-12H2. The summed E-state index contributed by atoms with van der Waals surface area (Å²) in [5.41, 5.74) is 3.60. The molecule has 1 aromatic heterocycles. The van der Waals surface area contributed by atoms with Gasteiger partial charge in [-0.3, -0.25) is 4.79 Å². The van der Waals surface area contributed by atoms with Gasteiger partial charge in [-0.2, -0.15) is 0 Å². The third kappa shape index (κ3) is 3.56. The molecular formula is C20H23FN2OS. The molecule has 1 unspecified atom stereocenters. The molecule has 1 aliphatic carbocycles. The number of carbonyl (C=O) groups excluding carboxylic acids is 1. The largest absolute Gasteiger partial charge is 0.381 e. The second kappa shape index (κ2) is 7.16. The number of piperidine rings is 1. The lowest BCUT2D eigenvalue weighted by Gasteiger charge is -2.34. The number of halogens is 1. The van der Waals surface area contributed by atoms with E-state index in [9.17, 15) is 9.18 Å². The molecule has 2 heterocycles. The summed E-state index contributed by atoms with van der Waals surface area (Å²) in [6.07, 6.45) is 6.63. The molecule has 4 rings (SSSR count). The number of benzene rings is 1. The second-order valence-corrected chi connectivity index (χ2v) is 7.90. The third-order valence-electron chi connectivity index (χ3n) is 5.22. The average molecular weight is 358 g/mol. The van der Waals surface area contributed by atoms with Crippen LogP contribution in [0.15, 0.2) is 29.6 Å². The van der Waals surface area contributed by atoms with Crippen molar-refractivity contribution in [2.24, 2.45) is 0 Å². The maximum atomic E-state index is 13.0. The van der Waals surface area contributed by atoms with Crippen LogP contribution in [0.4, 0.5) is 10.1 Å². The van der Waals surface area contributed by atoms with Gasteiger partial charge in [0.1, 0.15) is 5.82 Å². The maximum Gasteiger partial charge on any atom is 0.264 e. The Balaban J connectivity index is 1.44. The number of carbonyl (C=O) groups is 1. The molecule has 0 saturated carbocycles. The first-order chi connectivity index (χ1) is 12.2. The lowest BCUT2D eigenvalue weighted by Crippen LogP contribution is -2.45. The van der Waals surface area contributed by atoms with E-state index in [0.717, 1.165) is 42.8 Å². The first-order valence-corrected chi connectivity index (χ1v) is 9.99. The van der Waals surface area contributed by atoms with Gasteiger partial charge in [0.05, 0.1) is 4.88 Å². The van der Waals surface area contributed by atoms with E-state index < -0.39 is 0 Å². The predicted molar refractivity (Wildman–Crippen MR) is 99.9 cm³/mol. The number of nitrogens with zero attached hydrogens (tertiary/aromatic N) is 1. The van der Waals surface area contributed by atoms with Crippen LogP contribution in [0.2, 0.25) is 0 Å². The van der Waals surface area contributed by atoms with Crippen molar-refractivity contribution in [2.45, 2.75) is 44.6 Å². The van der Waals surface area contributed by atoms with Crippen molar-refractivity contribution < 1.29 is 9.18 Å². The minimum atomic E-state index is -0.228. The van der Waals surface area contributed by atoms with Crippen LogP contribution in [-0.2, 0) is 12.8 Å². The van der Waals surface area contributed by atoms with Crippen LogP contribution in [0, 0.1) is 5.82 Å². The number of fused-ring (bicyclic) bond motifs is 1. The zero-order chi connectivity index (χ0) is 17.2. The molecule has 0 bridgehead atoms.